The Kier molecular flexibility index (Phi) is 6.46. The molecule has 0 aliphatic carbocycles. The molecule has 0 aromatic heterocycles. The van der Waals surface area contributed by atoms with Crippen LogP contribution in [0, 0.1) is 0 Å². The molecule has 0 bridgehead atoms. The number of hydrogen-bond acceptors (Lipinski definition) is 2. The van der Waals surface area contributed by atoms with Crippen LogP contribution < -0.4 is 0 Å². The van der Waals surface area contributed by atoms with E-state index in [1.54, 1.807) is 0 Å². The first-order chi connectivity index (χ1) is 7.74. The topological polar surface area (TPSA) is 23.6 Å². The van der Waals surface area contributed by atoms with Crippen molar-refractivity contribution < 1.29 is 4.79 Å². The van der Waals surface area contributed by atoms with Crippen LogP contribution in [0.3, 0.4) is 0 Å². The van der Waals surface area contributed by atoms with Gasteiger partial charge in [0, 0.05) is 13.1 Å². The molecule has 0 unspecified atom stereocenters. The molecule has 0 radical (unpaired) electrons. The van der Waals surface area contributed by atoms with Crippen LogP contribution in [0.2, 0.25) is 0 Å². The highest BCUT2D eigenvalue weighted by molar-refractivity contribution is 5.78. The predicted molar refractivity (Wildman–Crippen MR) is 67.5 cm³/mol. The van der Waals surface area contributed by atoms with Crippen LogP contribution in [0.15, 0.2) is 0 Å². The van der Waals surface area contributed by atoms with Gasteiger partial charge in [-0.3, -0.25) is 9.69 Å². The molecule has 1 aliphatic heterocycles. The smallest absolute Gasteiger partial charge is 0.236 e. The largest absolute Gasteiger partial charge is 0.342 e. The van der Waals surface area contributed by atoms with Crippen molar-refractivity contribution in [1.82, 2.24) is 9.80 Å². The van der Waals surface area contributed by atoms with Crippen molar-refractivity contribution in [1.29, 1.82) is 0 Å². The van der Waals surface area contributed by atoms with Crippen LogP contribution in [0.5, 0.6) is 0 Å². The van der Waals surface area contributed by atoms with Crippen LogP contribution >= 0.6 is 0 Å². The van der Waals surface area contributed by atoms with Gasteiger partial charge in [0.05, 0.1) is 6.54 Å². The van der Waals surface area contributed by atoms with E-state index < -0.39 is 0 Å². The van der Waals surface area contributed by atoms with Crippen LogP contribution in [-0.4, -0.2) is 48.9 Å². The van der Waals surface area contributed by atoms with Crippen molar-refractivity contribution in [3.8, 4) is 0 Å². The molecule has 0 spiro atoms. The minimum atomic E-state index is 0.320. The molecule has 1 amide bonds. The average molecular weight is 226 g/mol. The number of hydrogen-bond donors (Lipinski definition) is 0. The molecule has 1 heterocycles. The summed E-state index contributed by atoms with van der Waals surface area (Å²) in [4.78, 5) is 16.2. The molecule has 16 heavy (non-hydrogen) atoms. The van der Waals surface area contributed by atoms with Crippen molar-refractivity contribution in [3.05, 3.63) is 0 Å². The van der Waals surface area contributed by atoms with Crippen molar-refractivity contribution in [2.45, 2.75) is 45.4 Å². The van der Waals surface area contributed by atoms with Gasteiger partial charge in [-0.25, -0.2) is 0 Å². The van der Waals surface area contributed by atoms with Gasteiger partial charge in [0.25, 0.3) is 0 Å². The van der Waals surface area contributed by atoms with E-state index in [1.807, 2.05) is 7.05 Å². The summed E-state index contributed by atoms with van der Waals surface area (Å²) in [5.74, 6) is 0.320. The molecule has 0 aromatic carbocycles. The third kappa shape index (κ3) is 4.97. The van der Waals surface area contributed by atoms with E-state index in [1.165, 1.54) is 38.5 Å². The Balaban J connectivity index is 2.26. The van der Waals surface area contributed by atoms with Gasteiger partial charge in [-0.1, -0.05) is 26.2 Å². The van der Waals surface area contributed by atoms with Gasteiger partial charge in [-0.2, -0.15) is 0 Å². The molecule has 94 valence electrons. The lowest BCUT2D eigenvalue weighted by molar-refractivity contribution is -0.132. The van der Waals surface area contributed by atoms with Gasteiger partial charge < -0.3 is 4.90 Å². The fourth-order valence-electron chi connectivity index (χ4n) is 2.16. The lowest BCUT2D eigenvalue weighted by Gasteiger charge is -2.23. The first-order valence-electron chi connectivity index (χ1n) is 6.70. The van der Waals surface area contributed by atoms with Crippen LogP contribution in [0.25, 0.3) is 0 Å². The zero-order valence-electron chi connectivity index (χ0n) is 10.9. The third-order valence-corrected chi connectivity index (χ3v) is 3.26. The van der Waals surface area contributed by atoms with Crippen molar-refractivity contribution >= 4 is 5.91 Å². The zero-order chi connectivity index (χ0) is 11.8. The normalized spacial score (nSPS) is 17.6. The second-order valence-electron chi connectivity index (χ2n) is 4.89. The van der Waals surface area contributed by atoms with Crippen molar-refractivity contribution in [3.63, 3.8) is 0 Å². The summed E-state index contributed by atoms with van der Waals surface area (Å²) in [6.07, 6.45) is 7.33. The minimum absolute atomic E-state index is 0.320. The predicted octanol–water partition coefficient (Wildman–Crippen LogP) is 2.12. The van der Waals surface area contributed by atoms with Gasteiger partial charge in [0.2, 0.25) is 5.91 Å². The molecule has 1 aliphatic rings. The number of rotatable bonds is 5. The second kappa shape index (κ2) is 7.66. The Bertz CT molecular complexity index is 198. The Morgan fingerprint density at radius 1 is 1.19 bits per heavy atom. The molecule has 3 heteroatoms. The molecule has 1 fully saturated rings. The summed E-state index contributed by atoms with van der Waals surface area (Å²) in [7, 11) is 2.05. The summed E-state index contributed by atoms with van der Waals surface area (Å²) in [6, 6.07) is 0. The van der Waals surface area contributed by atoms with Crippen LogP contribution in [0.4, 0.5) is 0 Å². The van der Waals surface area contributed by atoms with Gasteiger partial charge in [0.1, 0.15) is 0 Å². The number of carbonyl (C=O) groups excluding carboxylic acids is 1. The quantitative estimate of drug-likeness (QED) is 0.717. The van der Waals surface area contributed by atoms with Gasteiger partial charge in [0.15, 0.2) is 0 Å². The number of unbranched alkanes of at least 4 members (excludes halogenated alkanes) is 1. The summed E-state index contributed by atoms with van der Waals surface area (Å²) in [6.45, 7) is 5.77. The molecule has 0 N–H and O–H groups in total. The summed E-state index contributed by atoms with van der Waals surface area (Å²) >= 11 is 0. The second-order valence-corrected chi connectivity index (χ2v) is 4.89. The zero-order valence-corrected chi connectivity index (χ0v) is 10.9. The van der Waals surface area contributed by atoms with E-state index in [2.05, 4.69) is 16.7 Å². The third-order valence-electron chi connectivity index (χ3n) is 3.26. The van der Waals surface area contributed by atoms with Crippen molar-refractivity contribution in [2.75, 3.05) is 33.2 Å². The van der Waals surface area contributed by atoms with E-state index in [4.69, 9.17) is 0 Å². The first kappa shape index (κ1) is 13.5. The Hall–Kier alpha value is -0.570. The number of nitrogens with zero attached hydrogens (tertiary/aromatic N) is 2. The lowest BCUT2D eigenvalue weighted by Crippen LogP contribution is -2.39. The van der Waals surface area contributed by atoms with Crippen LogP contribution in [0.1, 0.15) is 45.4 Å². The number of likely N-dealkylation sites (N-methyl/N-ethyl adjacent to an activating group) is 1. The summed E-state index contributed by atoms with van der Waals surface area (Å²) < 4.78 is 0. The molecule has 1 saturated heterocycles. The van der Waals surface area contributed by atoms with E-state index in [-0.39, 0.29) is 0 Å². The lowest BCUT2D eigenvalue weighted by atomic mass is 10.2. The molecule has 1 rings (SSSR count). The summed E-state index contributed by atoms with van der Waals surface area (Å²) in [5.41, 5.74) is 0. The molecule has 0 saturated carbocycles. The fourth-order valence-corrected chi connectivity index (χ4v) is 2.16. The first-order valence-corrected chi connectivity index (χ1v) is 6.70. The fraction of sp³-hybridized carbons (Fsp3) is 0.923. The molecular weight excluding hydrogens is 200 g/mol. The Morgan fingerprint density at radius 2 is 1.81 bits per heavy atom. The minimum Gasteiger partial charge on any atom is -0.342 e. The van der Waals surface area contributed by atoms with Crippen LogP contribution in [-0.2, 0) is 4.79 Å². The van der Waals surface area contributed by atoms with Crippen molar-refractivity contribution in [2.24, 2.45) is 0 Å². The van der Waals surface area contributed by atoms with Gasteiger partial charge in [-0.15, -0.1) is 0 Å². The maximum atomic E-state index is 12.0. The van der Waals surface area contributed by atoms with Gasteiger partial charge in [-0.05, 0) is 32.9 Å². The SMILES string of the molecule is CCCCN(C)CC(=O)N1CCCCCC1. The summed E-state index contributed by atoms with van der Waals surface area (Å²) in [5, 5.41) is 0. The highest BCUT2D eigenvalue weighted by Crippen LogP contribution is 2.09. The van der Waals surface area contributed by atoms with E-state index in [0.717, 1.165) is 19.6 Å². The highest BCUT2D eigenvalue weighted by Gasteiger charge is 2.16. The maximum Gasteiger partial charge on any atom is 0.236 e. The number of likely N-dealkylation sites (tertiary alicyclic amines) is 1. The highest BCUT2D eigenvalue weighted by atomic mass is 16.2. The Labute approximate surface area is 99.8 Å². The molecule has 0 atom stereocenters. The van der Waals surface area contributed by atoms with Gasteiger partial charge >= 0.3 is 0 Å². The molecule has 0 aromatic rings. The number of amides is 1. The maximum absolute atomic E-state index is 12.0. The van der Waals surface area contributed by atoms with E-state index in [9.17, 15) is 4.79 Å². The Morgan fingerprint density at radius 3 is 2.38 bits per heavy atom. The van der Waals surface area contributed by atoms with E-state index in [0.29, 0.717) is 12.5 Å². The van der Waals surface area contributed by atoms with E-state index >= 15 is 0 Å². The standard InChI is InChI=1S/C13H26N2O/c1-3-4-9-14(2)12-13(16)15-10-7-5-6-8-11-15/h3-12H2,1-2H3. The average Bonchev–Trinajstić information content (AvgIpc) is 2.54. The number of carbonyl (C=O) groups is 1. The molecule has 3 nitrogen and oxygen atoms in total. The monoisotopic (exact) mass is 226 g/mol. The molecular formula is C13H26N2O.